The minimum atomic E-state index is -0.501. The molecule has 1 saturated carbocycles. The van der Waals surface area contributed by atoms with Crippen molar-refractivity contribution in [3.63, 3.8) is 0 Å². The highest BCUT2D eigenvalue weighted by molar-refractivity contribution is 5.99. The molecule has 0 aliphatic heterocycles. The molecular weight excluding hydrogens is 320 g/mol. The highest BCUT2D eigenvalue weighted by Crippen LogP contribution is 2.59. The first-order chi connectivity index (χ1) is 11.8. The van der Waals surface area contributed by atoms with Gasteiger partial charge in [0.05, 0.1) is 18.4 Å². The van der Waals surface area contributed by atoms with Crippen molar-refractivity contribution < 1.29 is 23.8 Å². The fraction of sp³-hybridized carbons (Fsp3) is 0.600. The molecule has 1 fully saturated rings. The lowest BCUT2D eigenvalue weighted by molar-refractivity contribution is -0.165. The first kappa shape index (κ1) is 17.8. The maximum absolute atomic E-state index is 13.0. The average molecular weight is 346 g/mol. The summed E-state index contributed by atoms with van der Waals surface area (Å²) in [5.74, 6) is 0.132. The number of aliphatic hydroxyl groups is 1. The van der Waals surface area contributed by atoms with Crippen molar-refractivity contribution in [3.8, 4) is 0 Å². The monoisotopic (exact) mass is 346 g/mol. The molecule has 0 saturated heterocycles. The number of ether oxygens (including phenoxy) is 1. The maximum atomic E-state index is 13.0. The number of rotatable bonds is 3. The fourth-order valence-electron chi connectivity index (χ4n) is 4.48. The van der Waals surface area contributed by atoms with Gasteiger partial charge in [0.1, 0.15) is 6.10 Å². The Hall–Kier alpha value is -2.04. The number of allylic oxidation sites excluding steroid dienone is 1. The zero-order valence-corrected chi connectivity index (χ0v) is 15.3. The molecule has 3 rings (SSSR count). The SMILES string of the molecule is C/C(O)=C/CC(=O)O[C@@H]1c2c(C)coc2C(=O)[C@@H]2CCC[C@H](C)[C@@]12C. The van der Waals surface area contributed by atoms with Crippen LogP contribution >= 0.6 is 0 Å². The van der Waals surface area contributed by atoms with E-state index in [9.17, 15) is 14.7 Å². The lowest BCUT2D eigenvalue weighted by atomic mass is 9.54. The number of ketones is 1. The summed E-state index contributed by atoms with van der Waals surface area (Å²) >= 11 is 0. The van der Waals surface area contributed by atoms with Crippen molar-refractivity contribution in [1.82, 2.24) is 0 Å². The van der Waals surface area contributed by atoms with E-state index in [1.54, 1.807) is 6.26 Å². The number of furan rings is 1. The molecule has 2 aliphatic carbocycles. The van der Waals surface area contributed by atoms with Crippen LogP contribution in [-0.2, 0) is 9.53 Å². The first-order valence-corrected chi connectivity index (χ1v) is 8.94. The lowest BCUT2D eigenvalue weighted by Crippen LogP contribution is -2.50. The molecule has 0 unspecified atom stereocenters. The van der Waals surface area contributed by atoms with Crippen LogP contribution in [0, 0.1) is 24.2 Å². The zero-order chi connectivity index (χ0) is 18.4. The molecule has 1 N–H and O–H groups in total. The number of carbonyl (C=O) groups excluding carboxylic acids is 2. The first-order valence-electron chi connectivity index (χ1n) is 8.94. The van der Waals surface area contributed by atoms with E-state index < -0.39 is 17.5 Å². The smallest absolute Gasteiger partial charge is 0.310 e. The van der Waals surface area contributed by atoms with Crippen LogP contribution in [0.25, 0.3) is 0 Å². The lowest BCUT2D eigenvalue weighted by Gasteiger charge is -2.51. The van der Waals surface area contributed by atoms with Crippen molar-refractivity contribution in [3.05, 3.63) is 35.0 Å². The summed E-state index contributed by atoms with van der Waals surface area (Å²) in [4.78, 5) is 25.4. The van der Waals surface area contributed by atoms with Crippen LogP contribution in [0.15, 0.2) is 22.5 Å². The predicted octanol–water partition coefficient (Wildman–Crippen LogP) is 4.66. The molecule has 0 aromatic carbocycles. The molecule has 1 heterocycles. The summed E-state index contributed by atoms with van der Waals surface area (Å²) in [5.41, 5.74) is 1.12. The van der Waals surface area contributed by atoms with Gasteiger partial charge in [0.25, 0.3) is 0 Å². The third-order valence-electron chi connectivity index (χ3n) is 6.15. The highest BCUT2D eigenvalue weighted by Gasteiger charge is 2.58. The Morgan fingerprint density at radius 3 is 2.88 bits per heavy atom. The topological polar surface area (TPSA) is 76.7 Å². The number of fused-ring (bicyclic) bond motifs is 2. The number of aliphatic hydroxyl groups excluding tert-OH is 1. The maximum Gasteiger partial charge on any atom is 0.310 e. The van der Waals surface area contributed by atoms with E-state index in [1.807, 2.05) is 6.92 Å². The van der Waals surface area contributed by atoms with Crippen LogP contribution in [0.3, 0.4) is 0 Å². The van der Waals surface area contributed by atoms with E-state index in [0.717, 1.165) is 30.4 Å². The number of carbonyl (C=O) groups is 2. The average Bonchev–Trinajstić information content (AvgIpc) is 2.93. The molecule has 0 radical (unpaired) electrons. The largest absolute Gasteiger partial charge is 0.513 e. The Morgan fingerprint density at radius 1 is 1.48 bits per heavy atom. The summed E-state index contributed by atoms with van der Waals surface area (Å²) in [6.45, 7) is 7.61. The molecule has 0 spiro atoms. The Bertz CT molecular complexity index is 724. The summed E-state index contributed by atoms with van der Waals surface area (Å²) in [5, 5.41) is 9.28. The van der Waals surface area contributed by atoms with Gasteiger partial charge >= 0.3 is 5.97 Å². The van der Waals surface area contributed by atoms with Crippen molar-refractivity contribution >= 4 is 11.8 Å². The third-order valence-corrected chi connectivity index (χ3v) is 6.15. The van der Waals surface area contributed by atoms with Crippen LogP contribution in [0.5, 0.6) is 0 Å². The second-order valence-electron chi connectivity index (χ2n) is 7.70. The van der Waals surface area contributed by atoms with Crippen molar-refractivity contribution in [2.45, 2.75) is 59.5 Å². The van der Waals surface area contributed by atoms with Gasteiger partial charge in [0.15, 0.2) is 5.76 Å². The van der Waals surface area contributed by atoms with E-state index >= 15 is 0 Å². The van der Waals surface area contributed by atoms with E-state index in [-0.39, 0.29) is 29.8 Å². The van der Waals surface area contributed by atoms with E-state index in [0.29, 0.717) is 5.76 Å². The molecule has 0 bridgehead atoms. The minimum absolute atomic E-state index is 0.00808. The normalized spacial score (nSPS) is 32.1. The highest BCUT2D eigenvalue weighted by atomic mass is 16.5. The molecule has 25 heavy (non-hydrogen) atoms. The summed E-state index contributed by atoms with van der Waals surface area (Å²) in [6, 6.07) is 0. The van der Waals surface area contributed by atoms with Gasteiger partial charge in [0, 0.05) is 16.9 Å². The summed E-state index contributed by atoms with van der Waals surface area (Å²) in [7, 11) is 0. The Labute approximate surface area is 148 Å². The van der Waals surface area contributed by atoms with Gasteiger partial charge < -0.3 is 14.3 Å². The van der Waals surface area contributed by atoms with Crippen LogP contribution in [0.1, 0.15) is 74.2 Å². The molecule has 2 aliphatic rings. The Morgan fingerprint density at radius 2 is 2.20 bits per heavy atom. The van der Waals surface area contributed by atoms with Gasteiger partial charge in [-0.25, -0.2) is 0 Å². The van der Waals surface area contributed by atoms with Gasteiger partial charge in [-0.3, -0.25) is 9.59 Å². The van der Waals surface area contributed by atoms with Crippen LogP contribution in [0.4, 0.5) is 0 Å². The van der Waals surface area contributed by atoms with E-state index in [2.05, 4.69) is 13.8 Å². The Kier molecular flexibility index (Phi) is 4.52. The van der Waals surface area contributed by atoms with Crippen LogP contribution in [0.2, 0.25) is 0 Å². The molecule has 1 aromatic rings. The second-order valence-corrected chi connectivity index (χ2v) is 7.70. The molecule has 1 aromatic heterocycles. The number of Topliss-reactive ketones (excluding diaryl/α,β-unsaturated/α-hetero) is 1. The van der Waals surface area contributed by atoms with Gasteiger partial charge in [0.2, 0.25) is 5.78 Å². The molecular formula is C20H26O5. The second kappa shape index (κ2) is 6.36. The number of esters is 1. The van der Waals surface area contributed by atoms with E-state index in [1.165, 1.54) is 13.0 Å². The summed E-state index contributed by atoms with van der Waals surface area (Å²) in [6.07, 6.45) is 5.32. The molecule has 4 atom stereocenters. The zero-order valence-electron chi connectivity index (χ0n) is 15.3. The van der Waals surface area contributed by atoms with Crippen LogP contribution < -0.4 is 0 Å². The Balaban J connectivity index is 2.03. The van der Waals surface area contributed by atoms with Crippen molar-refractivity contribution in [2.75, 3.05) is 0 Å². The quantitative estimate of drug-likeness (QED) is 0.636. The minimum Gasteiger partial charge on any atom is -0.513 e. The predicted molar refractivity (Wildman–Crippen MR) is 92.2 cm³/mol. The van der Waals surface area contributed by atoms with Crippen molar-refractivity contribution in [1.29, 1.82) is 0 Å². The van der Waals surface area contributed by atoms with Gasteiger partial charge in [-0.05, 0) is 44.2 Å². The fourth-order valence-corrected chi connectivity index (χ4v) is 4.48. The standard InChI is InChI=1S/C20H26O5/c1-11-10-24-18-16(11)19(25-15(22)9-8-13(3)21)20(4)12(2)6-5-7-14(20)17(18)23/h8,10,12,14,19,21H,5-7,9H2,1-4H3/b13-8-/t12-,14-,19+,20+/m0/s1. The van der Waals surface area contributed by atoms with Crippen LogP contribution in [-0.4, -0.2) is 16.9 Å². The molecule has 0 amide bonds. The third kappa shape index (κ3) is 2.79. The molecule has 5 nitrogen and oxygen atoms in total. The number of hydrogen-bond donors (Lipinski definition) is 1. The molecule has 136 valence electrons. The van der Waals surface area contributed by atoms with E-state index in [4.69, 9.17) is 9.15 Å². The van der Waals surface area contributed by atoms with Gasteiger partial charge in [-0.2, -0.15) is 0 Å². The summed E-state index contributed by atoms with van der Waals surface area (Å²) < 4.78 is 11.4. The molecule has 5 heteroatoms. The number of aryl methyl sites for hydroxylation is 1. The van der Waals surface area contributed by atoms with Gasteiger partial charge in [-0.1, -0.05) is 20.3 Å². The van der Waals surface area contributed by atoms with Crippen molar-refractivity contribution in [2.24, 2.45) is 17.3 Å². The number of hydrogen-bond acceptors (Lipinski definition) is 5. The van der Waals surface area contributed by atoms with Gasteiger partial charge in [-0.15, -0.1) is 0 Å².